The summed E-state index contributed by atoms with van der Waals surface area (Å²) >= 11 is -41.9. The van der Waals surface area contributed by atoms with Crippen molar-refractivity contribution in [2.75, 3.05) is 0 Å². The van der Waals surface area contributed by atoms with Gasteiger partial charge in [-0.15, -0.1) is 0 Å². The van der Waals surface area contributed by atoms with Crippen LogP contribution in [0.5, 0.6) is 0 Å². The van der Waals surface area contributed by atoms with Gasteiger partial charge in [0.2, 0.25) is 0 Å². The molecular weight excluding hydrogens is 2560 g/mol. The quantitative estimate of drug-likeness (QED) is 0.203. The van der Waals surface area contributed by atoms with E-state index >= 15 is 0 Å². The van der Waals surface area contributed by atoms with Crippen LogP contribution in [-0.4, -0.2) is 109 Å². The Morgan fingerprint density at radius 1 is 0.250 bits per heavy atom. The van der Waals surface area contributed by atoms with Crippen LogP contribution in [0.4, 0.5) is 0 Å². The monoisotopic (exact) mass is 2560 g/mol. The predicted octanol–water partition coefficient (Wildman–Crippen LogP) is -26.5. The molecule has 8 radical (unpaired) electrons. The van der Waals surface area contributed by atoms with Gasteiger partial charge in [-0.1, -0.05) is 0 Å². The maximum Gasteiger partial charge on any atom is 2.00 e. The van der Waals surface area contributed by atoms with Crippen molar-refractivity contribution in [1.82, 2.24) is 0 Å². The van der Waals surface area contributed by atoms with E-state index in [0.29, 0.717) is 0 Å². The summed E-state index contributed by atoms with van der Waals surface area (Å²) < 4.78 is 258. The first-order valence-electron chi connectivity index (χ1n) is 6.12. The Labute approximate surface area is 540 Å². The largest absolute Gasteiger partial charge is 2.00 e. The van der Waals surface area contributed by atoms with Crippen LogP contribution in [0.25, 0.3) is 0 Å². The van der Waals surface area contributed by atoms with E-state index in [1.807, 2.05) is 0 Å². The molecular formula is La4O30Pb4Ti5Zr5. The van der Waals surface area contributed by atoms with Crippen LogP contribution in [0, 0.1) is 142 Å². The van der Waals surface area contributed by atoms with Crippen LogP contribution in [-0.2, 0) is 237 Å². The van der Waals surface area contributed by atoms with Crippen LogP contribution in [0.1, 0.15) is 0 Å². The van der Waals surface area contributed by atoms with Gasteiger partial charge in [-0.2, -0.15) is 0 Å². The molecule has 0 aliphatic heterocycles. The average Bonchev–Trinajstić information content (AvgIpc) is 2.47. The van der Waals surface area contributed by atoms with Crippen LogP contribution >= 0.6 is 0 Å². The zero-order valence-corrected chi connectivity index (χ0v) is 71.7. The Morgan fingerprint density at radius 3 is 0.250 bits per heavy atom. The van der Waals surface area contributed by atoms with Crippen LogP contribution in [0.2, 0.25) is 0 Å². The summed E-state index contributed by atoms with van der Waals surface area (Å²) in [6.07, 6.45) is 0. The summed E-state index contributed by atoms with van der Waals surface area (Å²) in [6, 6.07) is 0. The maximum absolute atomic E-state index is 8.61. The van der Waals surface area contributed by atoms with E-state index in [9.17, 15) is 0 Å². The van der Waals surface area contributed by atoms with Crippen molar-refractivity contribution in [3.63, 3.8) is 0 Å². The fourth-order valence-corrected chi connectivity index (χ4v) is 0. The van der Waals surface area contributed by atoms with Crippen LogP contribution in [0.3, 0.4) is 0 Å². The van der Waals surface area contributed by atoms with Crippen molar-refractivity contribution in [3.05, 3.63) is 0 Å². The van der Waals surface area contributed by atoms with E-state index in [4.69, 9.17) is 99.4 Å². The molecule has 0 saturated carbocycles. The molecule has 48 heavy (non-hydrogen) atoms. The molecule has 0 spiro atoms. The number of hydrogen-bond acceptors (Lipinski definition) is 30. The summed E-state index contributed by atoms with van der Waals surface area (Å²) in [5, 5.41) is 0. The third kappa shape index (κ3) is 1100. The molecule has 0 fully saturated rings. The molecule has 0 aromatic carbocycles. The zero-order valence-electron chi connectivity index (χ0n) is 21.6. The van der Waals surface area contributed by atoms with Gasteiger partial charge in [-0.3, -0.25) is 0 Å². The molecule has 48 heteroatoms. The van der Waals surface area contributed by atoms with Crippen LogP contribution < -0.4 is 68.7 Å². The normalized spacial score (nSPS) is 5.42. The minimum atomic E-state index is -4.29. The molecule has 0 aliphatic rings. The molecule has 0 saturated heterocycles. The van der Waals surface area contributed by atoms with Crippen molar-refractivity contribution >= 4 is 109 Å². The van der Waals surface area contributed by atoms with E-state index in [-0.39, 0.29) is 252 Å². The van der Waals surface area contributed by atoms with Gasteiger partial charge >= 0.3 is 557 Å². The van der Waals surface area contributed by atoms with E-state index in [2.05, 4.69) is 0 Å². The molecule has 30 nitrogen and oxygen atoms in total. The van der Waals surface area contributed by atoms with E-state index in [1.165, 1.54) is 0 Å². The molecule has 0 rings (SSSR count). The SMILES string of the molecule is [La+3].[La+3].[La+3].[La+3].[O]=[Ti]([O-])[O-].[O]=[Ti]([O-])[O-].[O]=[Ti]([O-])[O-].[O]=[Ti]([O-])[O-].[O]=[Ti]([O-])[O-].[O]=[Zr]([O-])[O-].[O]=[Zr]([O-])[O-].[O]=[Zr]([O-])[O-].[O]=[Zr]([O-])[O-].[O]=[Zr]([O-])[O-].[Pb+2].[Pb+2].[Pb+2].[Pb+2]. The van der Waals surface area contributed by atoms with Crippen molar-refractivity contribution in [2.24, 2.45) is 0 Å². The first-order valence-corrected chi connectivity index (χ1v) is 30.7. The smallest absolute Gasteiger partial charge is 2.00 e. The van der Waals surface area contributed by atoms with Crippen molar-refractivity contribution in [2.45, 2.75) is 0 Å². The minimum absolute atomic E-state index is 0. The van der Waals surface area contributed by atoms with Gasteiger partial charge in [0, 0.05) is 0 Å². The maximum atomic E-state index is 8.61. The van der Waals surface area contributed by atoms with Crippen molar-refractivity contribution in [1.29, 1.82) is 0 Å². The molecule has 0 bridgehead atoms. The molecule has 0 heterocycles. The molecule has 0 unspecified atom stereocenters. The molecule has 0 amide bonds. The molecule has 0 aromatic heterocycles. The Balaban J connectivity index is -0.0000000128. The molecule has 0 N–H and O–H groups in total. The minimum Gasteiger partial charge on any atom is 2.00 e. The summed E-state index contributed by atoms with van der Waals surface area (Å²) in [6.45, 7) is 0. The van der Waals surface area contributed by atoms with Gasteiger partial charge in [0.25, 0.3) is 0 Å². The third-order valence-corrected chi connectivity index (χ3v) is 0. The van der Waals surface area contributed by atoms with Crippen molar-refractivity contribution < 1.29 is 448 Å². The van der Waals surface area contributed by atoms with E-state index in [0.717, 1.165) is 0 Å². The standard InChI is InChI=1S/4La.30O.4Pb.5Ti.5Zr/q4*+3;;;;;;;;;;;20*-1;4*+2;;;;;;;;;;. The first-order chi connectivity index (χ1) is 17.3. The van der Waals surface area contributed by atoms with Crippen molar-refractivity contribution in [3.8, 4) is 0 Å². The molecule has 248 valence electrons. The topological polar surface area (TPSA) is 632 Å². The summed E-state index contributed by atoms with van der Waals surface area (Å²) in [5.41, 5.74) is 0. The average molecular weight is 2560 g/mol. The van der Waals surface area contributed by atoms with Gasteiger partial charge in [-0.05, 0) is 0 Å². The van der Waals surface area contributed by atoms with E-state index < -0.39 is 206 Å². The Hall–Kier alpha value is 13.7. The Bertz CT molecular complexity index is 511. The zero-order chi connectivity index (χ0) is 35.8. The second-order valence-corrected chi connectivity index (χ2v) is 12.5. The summed E-state index contributed by atoms with van der Waals surface area (Å²) in [7, 11) is 0. The second-order valence-electron chi connectivity index (χ2n) is 2.50. The fourth-order valence-electron chi connectivity index (χ4n) is 0. The first kappa shape index (κ1) is 119. The van der Waals surface area contributed by atoms with E-state index in [1.54, 1.807) is 0 Å². The predicted molar refractivity (Wildman–Crippen MR) is 29.9 cm³/mol. The Morgan fingerprint density at radius 2 is 0.250 bits per heavy atom. The number of rotatable bonds is 0. The van der Waals surface area contributed by atoms with Gasteiger partial charge in [0.1, 0.15) is 0 Å². The second kappa shape index (κ2) is 113. The van der Waals surface area contributed by atoms with Gasteiger partial charge < -0.3 is 0 Å². The van der Waals surface area contributed by atoms with Gasteiger partial charge in [0.15, 0.2) is 0 Å². The van der Waals surface area contributed by atoms with Gasteiger partial charge in [-0.25, -0.2) is 0 Å². The van der Waals surface area contributed by atoms with Gasteiger partial charge in [0.05, 0.1) is 0 Å². The summed E-state index contributed by atoms with van der Waals surface area (Å²) in [5.74, 6) is 0. The Kier molecular flexibility index (Phi) is 281. The molecule has 0 atom stereocenters. The molecule has 0 aromatic rings. The molecule has 0 aliphatic carbocycles. The number of hydrogen-bond donors (Lipinski definition) is 0. The summed E-state index contributed by atoms with van der Waals surface area (Å²) in [4.78, 5) is 0. The fraction of sp³-hybridized carbons (Fsp3) is 0. The van der Waals surface area contributed by atoms with Crippen LogP contribution in [0.15, 0.2) is 0 Å². The third-order valence-electron chi connectivity index (χ3n) is 0.